The lowest BCUT2D eigenvalue weighted by Crippen LogP contribution is -2.29. The zero-order chi connectivity index (χ0) is 18.0. The molecule has 4 aromatic rings. The van der Waals surface area contributed by atoms with Gasteiger partial charge in [0, 0.05) is 11.4 Å². The Labute approximate surface area is 156 Å². The number of fused-ring (bicyclic) bond motifs is 1. The van der Waals surface area contributed by atoms with E-state index in [1.165, 1.54) is 4.31 Å². The Morgan fingerprint density at radius 3 is 2.46 bits per heavy atom. The van der Waals surface area contributed by atoms with Gasteiger partial charge in [-0.2, -0.15) is 4.31 Å². The van der Waals surface area contributed by atoms with Gasteiger partial charge in [0.2, 0.25) is 10.0 Å². The van der Waals surface area contributed by atoms with Gasteiger partial charge in [-0.1, -0.05) is 36.4 Å². The summed E-state index contributed by atoms with van der Waals surface area (Å²) in [5, 5.41) is 3.87. The molecule has 0 saturated heterocycles. The molecule has 0 unspecified atom stereocenters. The Bertz CT molecular complexity index is 1060. The van der Waals surface area contributed by atoms with E-state index in [1.807, 2.05) is 47.8 Å². The number of benzene rings is 2. The summed E-state index contributed by atoms with van der Waals surface area (Å²) in [4.78, 5) is 1.28. The summed E-state index contributed by atoms with van der Waals surface area (Å²) in [6.07, 6.45) is 1.56. The molecule has 26 heavy (non-hydrogen) atoms. The summed E-state index contributed by atoms with van der Waals surface area (Å²) >= 11 is 1.54. The Morgan fingerprint density at radius 1 is 0.885 bits per heavy atom. The van der Waals surface area contributed by atoms with Crippen LogP contribution >= 0.6 is 11.3 Å². The number of hydrogen-bond donors (Lipinski definition) is 0. The van der Waals surface area contributed by atoms with E-state index in [9.17, 15) is 8.42 Å². The Kier molecular flexibility index (Phi) is 4.63. The summed E-state index contributed by atoms with van der Waals surface area (Å²) in [5.41, 5.74) is 0. The highest BCUT2D eigenvalue weighted by Gasteiger charge is 2.26. The summed E-state index contributed by atoms with van der Waals surface area (Å²) < 4.78 is 33.5. The highest BCUT2D eigenvalue weighted by Crippen LogP contribution is 2.25. The minimum absolute atomic E-state index is 0.195. The molecule has 0 aliphatic rings. The molecular formula is C20H17NO3S2. The first-order chi connectivity index (χ1) is 12.6. The van der Waals surface area contributed by atoms with Gasteiger partial charge in [-0.3, -0.25) is 0 Å². The number of hydrogen-bond acceptors (Lipinski definition) is 4. The maximum atomic E-state index is 13.3. The van der Waals surface area contributed by atoms with E-state index in [1.54, 1.807) is 41.9 Å². The molecular weight excluding hydrogens is 366 g/mol. The third-order valence-corrected chi connectivity index (χ3v) is 6.83. The van der Waals surface area contributed by atoms with Crippen molar-refractivity contribution in [2.24, 2.45) is 0 Å². The van der Waals surface area contributed by atoms with E-state index in [0.717, 1.165) is 15.6 Å². The molecule has 0 aliphatic carbocycles. The Balaban J connectivity index is 1.73. The zero-order valence-corrected chi connectivity index (χ0v) is 15.5. The maximum absolute atomic E-state index is 13.3. The fourth-order valence-electron chi connectivity index (χ4n) is 2.86. The highest BCUT2D eigenvalue weighted by atomic mass is 32.2. The lowest BCUT2D eigenvalue weighted by Gasteiger charge is -2.21. The van der Waals surface area contributed by atoms with Crippen molar-refractivity contribution in [2.75, 3.05) is 0 Å². The second-order valence-corrected chi connectivity index (χ2v) is 8.91. The summed E-state index contributed by atoms with van der Waals surface area (Å²) in [6.45, 7) is 0.508. The van der Waals surface area contributed by atoms with Crippen molar-refractivity contribution < 1.29 is 12.8 Å². The Hall–Kier alpha value is -2.41. The third-order valence-electron chi connectivity index (χ3n) is 4.18. The normalized spacial score (nSPS) is 12.0. The molecule has 2 aromatic carbocycles. The summed E-state index contributed by atoms with van der Waals surface area (Å²) in [6, 6.07) is 20.4. The molecule has 4 rings (SSSR count). The standard InChI is InChI=1S/C20H17NO3S2/c22-26(23,20-10-9-16-5-1-2-6-17(16)13-20)21(14-18-7-3-11-24-18)15-19-8-4-12-25-19/h1-13H,14-15H2. The van der Waals surface area contributed by atoms with Crippen LogP contribution in [0, 0.1) is 0 Å². The van der Waals surface area contributed by atoms with Crippen molar-refractivity contribution in [2.45, 2.75) is 18.0 Å². The van der Waals surface area contributed by atoms with Crippen LogP contribution in [0.2, 0.25) is 0 Å². The highest BCUT2D eigenvalue weighted by molar-refractivity contribution is 7.89. The van der Waals surface area contributed by atoms with Crippen molar-refractivity contribution >= 4 is 32.1 Å². The van der Waals surface area contributed by atoms with Crippen LogP contribution in [-0.2, 0) is 23.1 Å². The molecule has 0 spiro atoms. The lowest BCUT2D eigenvalue weighted by atomic mass is 10.1. The number of rotatable bonds is 6. The first kappa shape index (κ1) is 17.0. The average molecular weight is 383 g/mol. The van der Waals surface area contributed by atoms with Crippen LogP contribution in [0.4, 0.5) is 0 Å². The number of nitrogens with zero attached hydrogens (tertiary/aromatic N) is 1. The van der Waals surface area contributed by atoms with E-state index < -0.39 is 10.0 Å². The van der Waals surface area contributed by atoms with Gasteiger partial charge in [0.15, 0.2) is 0 Å². The monoisotopic (exact) mass is 383 g/mol. The first-order valence-electron chi connectivity index (χ1n) is 8.17. The van der Waals surface area contributed by atoms with Gasteiger partial charge in [-0.15, -0.1) is 11.3 Å². The number of thiophene rings is 1. The van der Waals surface area contributed by atoms with Crippen molar-refractivity contribution in [1.29, 1.82) is 0 Å². The third kappa shape index (κ3) is 3.44. The molecule has 0 N–H and O–H groups in total. The lowest BCUT2D eigenvalue weighted by molar-refractivity contribution is 0.360. The molecule has 0 atom stereocenters. The van der Waals surface area contributed by atoms with Crippen LogP contribution in [0.1, 0.15) is 10.6 Å². The molecule has 0 saturated carbocycles. The minimum Gasteiger partial charge on any atom is -0.468 e. The molecule has 0 radical (unpaired) electrons. The first-order valence-corrected chi connectivity index (χ1v) is 10.5. The molecule has 4 nitrogen and oxygen atoms in total. The molecule has 0 amide bonds. The number of furan rings is 1. The number of sulfonamides is 1. The second-order valence-electron chi connectivity index (χ2n) is 5.94. The van der Waals surface area contributed by atoms with Crippen molar-refractivity contribution in [3.8, 4) is 0 Å². The van der Waals surface area contributed by atoms with E-state index in [2.05, 4.69) is 0 Å². The van der Waals surface area contributed by atoms with Gasteiger partial charge in [0.1, 0.15) is 5.76 Å². The van der Waals surface area contributed by atoms with Gasteiger partial charge >= 0.3 is 0 Å². The van der Waals surface area contributed by atoms with Crippen LogP contribution in [0.5, 0.6) is 0 Å². The maximum Gasteiger partial charge on any atom is 0.243 e. The van der Waals surface area contributed by atoms with Crippen LogP contribution < -0.4 is 0 Å². The zero-order valence-electron chi connectivity index (χ0n) is 13.9. The molecule has 0 fully saturated rings. The van der Waals surface area contributed by atoms with Crippen molar-refractivity contribution in [3.63, 3.8) is 0 Å². The predicted molar refractivity (Wildman–Crippen MR) is 103 cm³/mol. The molecule has 0 bridgehead atoms. The molecule has 2 aromatic heterocycles. The Morgan fingerprint density at radius 2 is 1.73 bits per heavy atom. The minimum atomic E-state index is -3.66. The van der Waals surface area contributed by atoms with Gasteiger partial charge < -0.3 is 4.42 Å². The van der Waals surface area contributed by atoms with Crippen LogP contribution in [0.3, 0.4) is 0 Å². The average Bonchev–Trinajstić information content (AvgIpc) is 3.35. The van der Waals surface area contributed by atoms with Crippen LogP contribution in [0.25, 0.3) is 10.8 Å². The van der Waals surface area contributed by atoms with Gasteiger partial charge in [-0.05, 0) is 46.5 Å². The van der Waals surface area contributed by atoms with Crippen molar-refractivity contribution in [3.05, 3.63) is 89.0 Å². The summed E-state index contributed by atoms with van der Waals surface area (Å²) in [7, 11) is -3.66. The quantitative estimate of drug-likeness (QED) is 0.476. The topological polar surface area (TPSA) is 50.5 Å². The fourth-order valence-corrected chi connectivity index (χ4v) is 5.08. The van der Waals surface area contributed by atoms with E-state index >= 15 is 0 Å². The van der Waals surface area contributed by atoms with Gasteiger partial charge in [0.05, 0.1) is 17.7 Å². The molecule has 0 aliphatic heterocycles. The van der Waals surface area contributed by atoms with Gasteiger partial charge in [0.25, 0.3) is 0 Å². The van der Waals surface area contributed by atoms with E-state index in [4.69, 9.17) is 4.42 Å². The van der Waals surface area contributed by atoms with Crippen LogP contribution in [0.15, 0.2) is 87.7 Å². The van der Waals surface area contributed by atoms with Crippen LogP contribution in [-0.4, -0.2) is 12.7 Å². The summed E-state index contributed by atoms with van der Waals surface area (Å²) in [5.74, 6) is 0.617. The fraction of sp³-hybridized carbons (Fsp3) is 0.100. The molecule has 6 heteroatoms. The SMILES string of the molecule is O=S(=O)(c1ccc2ccccc2c1)N(Cc1ccco1)Cc1cccs1. The van der Waals surface area contributed by atoms with E-state index in [0.29, 0.717) is 17.2 Å². The van der Waals surface area contributed by atoms with Crippen molar-refractivity contribution in [1.82, 2.24) is 4.31 Å². The molecule has 132 valence electrons. The van der Waals surface area contributed by atoms with Gasteiger partial charge in [-0.25, -0.2) is 8.42 Å². The predicted octanol–water partition coefficient (Wildman–Crippen LogP) is 4.89. The van der Waals surface area contributed by atoms with E-state index in [-0.39, 0.29) is 6.54 Å². The largest absolute Gasteiger partial charge is 0.468 e. The smallest absolute Gasteiger partial charge is 0.243 e. The second kappa shape index (κ2) is 7.07. The molecule has 2 heterocycles.